The molecule has 1 aromatic heterocycles. The summed E-state index contributed by atoms with van der Waals surface area (Å²) >= 11 is 1.10. The highest BCUT2D eigenvalue weighted by atomic mass is 32.2. The van der Waals surface area contributed by atoms with Crippen molar-refractivity contribution in [3.8, 4) is 0 Å². The molecule has 0 amide bonds. The van der Waals surface area contributed by atoms with Gasteiger partial charge in [0.2, 0.25) is 11.1 Å². The summed E-state index contributed by atoms with van der Waals surface area (Å²) in [4.78, 5) is 15.5. The fraction of sp³-hybridized carbons (Fsp3) is 0.100. The van der Waals surface area contributed by atoms with E-state index in [9.17, 15) is 9.18 Å². The van der Waals surface area contributed by atoms with Gasteiger partial charge in [-0.1, -0.05) is 23.9 Å². The number of nitrogen functional groups attached to an aromatic ring is 1. The van der Waals surface area contributed by atoms with Crippen molar-refractivity contribution < 1.29 is 9.18 Å². The van der Waals surface area contributed by atoms with E-state index >= 15 is 0 Å². The zero-order valence-electron chi connectivity index (χ0n) is 8.68. The third-order valence-electron chi connectivity index (χ3n) is 1.99. The molecule has 0 unspecified atom stereocenters. The average Bonchev–Trinajstić information content (AvgIpc) is 2.73. The number of carbonyl (C=O) groups excluding carboxylic acids is 1. The highest BCUT2D eigenvalue weighted by Gasteiger charge is 2.12. The lowest BCUT2D eigenvalue weighted by molar-refractivity contribution is 0.101. The Morgan fingerprint density at radius 3 is 2.88 bits per heavy atom. The SMILES string of the molecule is Nc1nc(SCC(=O)c2ccccc2F)n[nH]1. The number of halogens is 1. The van der Waals surface area contributed by atoms with Gasteiger partial charge in [-0.2, -0.15) is 4.98 Å². The summed E-state index contributed by atoms with van der Waals surface area (Å²) in [5, 5.41) is 6.58. The number of thioether (sulfide) groups is 1. The van der Waals surface area contributed by atoms with E-state index in [1.807, 2.05) is 0 Å². The van der Waals surface area contributed by atoms with Gasteiger partial charge in [0.1, 0.15) is 5.82 Å². The van der Waals surface area contributed by atoms with Crippen molar-refractivity contribution in [3.63, 3.8) is 0 Å². The number of hydrogen-bond donors (Lipinski definition) is 2. The van der Waals surface area contributed by atoms with Crippen LogP contribution in [-0.2, 0) is 0 Å². The molecule has 7 heteroatoms. The zero-order chi connectivity index (χ0) is 12.3. The number of nitrogens with zero attached hydrogens (tertiary/aromatic N) is 2. The molecule has 0 spiro atoms. The molecule has 0 bridgehead atoms. The fourth-order valence-electron chi connectivity index (χ4n) is 1.22. The minimum atomic E-state index is -0.521. The van der Waals surface area contributed by atoms with E-state index in [0.717, 1.165) is 11.8 Å². The lowest BCUT2D eigenvalue weighted by atomic mass is 10.1. The summed E-state index contributed by atoms with van der Waals surface area (Å²) in [5.74, 6) is -0.576. The molecule has 0 aliphatic carbocycles. The summed E-state index contributed by atoms with van der Waals surface area (Å²) in [5.41, 5.74) is 5.41. The van der Waals surface area contributed by atoms with E-state index in [1.54, 1.807) is 6.07 Å². The first-order chi connectivity index (χ1) is 8.16. The van der Waals surface area contributed by atoms with Gasteiger partial charge >= 0.3 is 0 Å². The molecule has 17 heavy (non-hydrogen) atoms. The number of rotatable bonds is 4. The quantitative estimate of drug-likeness (QED) is 0.636. The van der Waals surface area contributed by atoms with Gasteiger partial charge in [-0.05, 0) is 12.1 Å². The van der Waals surface area contributed by atoms with E-state index in [1.165, 1.54) is 18.2 Å². The monoisotopic (exact) mass is 252 g/mol. The smallest absolute Gasteiger partial charge is 0.216 e. The second kappa shape index (κ2) is 4.96. The molecule has 88 valence electrons. The molecule has 0 fully saturated rings. The molecule has 3 N–H and O–H groups in total. The Balaban J connectivity index is 2.01. The van der Waals surface area contributed by atoms with E-state index in [4.69, 9.17) is 5.73 Å². The number of anilines is 1. The lowest BCUT2D eigenvalue weighted by Crippen LogP contribution is -2.05. The summed E-state index contributed by atoms with van der Waals surface area (Å²) < 4.78 is 13.3. The minimum Gasteiger partial charge on any atom is -0.368 e. The van der Waals surface area contributed by atoms with Gasteiger partial charge in [-0.15, -0.1) is 5.10 Å². The lowest BCUT2D eigenvalue weighted by Gasteiger charge is -2.00. The molecular formula is C10H9FN4OS. The van der Waals surface area contributed by atoms with E-state index in [0.29, 0.717) is 5.16 Å². The first-order valence-corrected chi connectivity index (χ1v) is 5.74. The largest absolute Gasteiger partial charge is 0.368 e. The van der Waals surface area contributed by atoms with Crippen LogP contribution in [0.4, 0.5) is 10.3 Å². The molecule has 1 heterocycles. The number of Topliss-reactive ketones (excluding diaryl/α,β-unsaturated/α-hetero) is 1. The maximum absolute atomic E-state index is 13.3. The number of aromatic nitrogens is 3. The molecule has 0 atom stereocenters. The first kappa shape index (κ1) is 11.6. The van der Waals surface area contributed by atoms with E-state index in [2.05, 4.69) is 15.2 Å². The zero-order valence-corrected chi connectivity index (χ0v) is 9.50. The number of nitrogens with one attached hydrogen (secondary N) is 1. The Morgan fingerprint density at radius 2 is 2.24 bits per heavy atom. The highest BCUT2D eigenvalue weighted by molar-refractivity contribution is 7.99. The van der Waals surface area contributed by atoms with Crippen LogP contribution in [0, 0.1) is 5.82 Å². The molecule has 2 rings (SSSR count). The number of aromatic amines is 1. The van der Waals surface area contributed by atoms with Gasteiger partial charge in [-0.3, -0.25) is 4.79 Å². The number of carbonyl (C=O) groups is 1. The predicted octanol–water partition coefficient (Wildman–Crippen LogP) is 1.50. The van der Waals surface area contributed by atoms with Crippen LogP contribution in [0.3, 0.4) is 0 Å². The molecule has 0 saturated carbocycles. The summed E-state index contributed by atoms with van der Waals surface area (Å²) in [6.45, 7) is 0. The van der Waals surface area contributed by atoms with Gasteiger partial charge in [-0.25, -0.2) is 9.49 Å². The number of hydrogen-bond acceptors (Lipinski definition) is 5. The van der Waals surface area contributed by atoms with Crippen LogP contribution in [0.25, 0.3) is 0 Å². The molecule has 1 aromatic carbocycles. The second-order valence-electron chi connectivity index (χ2n) is 3.19. The van der Waals surface area contributed by atoms with Crippen molar-refractivity contribution in [3.05, 3.63) is 35.6 Å². The van der Waals surface area contributed by atoms with Crippen LogP contribution in [0.15, 0.2) is 29.4 Å². The first-order valence-electron chi connectivity index (χ1n) is 4.75. The Hall–Kier alpha value is -1.89. The van der Waals surface area contributed by atoms with Gasteiger partial charge in [0.15, 0.2) is 5.78 Å². The van der Waals surface area contributed by atoms with Gasteiger partial charge in [0.25, 0.3) is 0 Å². The Morgan fingerprint density at radius 1 is 1.47 bits per heavy atom. The predicted molar refractivity (Wildman–Crippen MR) is 62.2 cm³/mol. The van der Waals surface area contributed by atoms with Crippen LogP contribution in [0.1, 0.15) is 10.4 Å². The fourth-order valence-corrected chi connectivity index (χ4v) is 1.91. The van der Waals surface area contributed by atoms with Crippen LogP contribution >= 0.6 is 11.8 Å². The third-order valence-corrected chi connectivity index (χ3v) is 2.84. The minimum absolute atomic E-state index is 0.0677. The normalized spacial score (nSPS) is 10.4. The third kappa shape index (κ3) is 2.82. The van der Waals surface area contributed by atoms with Crippen LogP contribution in [0.2, 0.25) is 0 Å². The Kier molecular flexibility index (Phi) is 3.38. The molecule has 5 nitrogen and oxygen atoms in total. The van der Waals surface area contributed by atoms with E-state index < -0.39 is 5.82 Å². The number of ketones is 1. The summed E-state index contributed by atoms with van der Waals surface area (Å²) in [6.07, 6.45) is 0. The molecule has 0 aliphatic heterocycles. The van der Waals surface area contributed by atoms with Crippen molar-refractivity contribution in [2.75, 3.05) is 11.5 Å². The van der Waals surface area contributed by atoms with Crippen molar-refractivity contribution in [2.45, 2.75) is 5.16 Å². The van der Waals surface area contributed by atoms with Crippen LogP contribution in [-0.4, -0.2) is 26.7 Å². The maximum atomic E-state index is 13.3. The van der Waals surface area contributed by atoms with Gasteiger partial charge in [0, 0.05) is 0 Å². The second-order valence-corrected chi connectivity index (χ2v) is 4.14. The number of benzene rings is 1. The van der Waals surface area contributed by atoms with E-state index in [-0.39, 0.29) is 23.0 Å². The van der Waals surface area contributed by atoms with Crippen molar-refractivity contribution in [1.29, 1.82) is 0 Å². The molecule has 0 saturated heterocycles. The van der Waals surface area contributed by atoms with Crippen LogP contribution in [0.5, 0.6) is 0 Å². The number of H-pyrrole nitrogens is 1. The molecule has 2 aromatic rings. The van der Waals surface area contributed by atoms with Crippen molar-refractivity contribution >= 4 is 23.5 Å². The van der Waals surface area contributed by atoms with Gasteiger partial charge in [0.05, 0.1) is 11.3 Å². The molecular weight excluding hydrogens is 243 g/mol. The summed E-state index contributed by atoms with van der Waals surface area (Å²) in [7, 11) is 0. The van der Waals surface area contributed by atoms with Crippen molar-refractivity contribution in [2.24, 2.45) is 0 Å². The van der Waals surface area contributed by atoms with Crippen molar-refractivity contribution in [1.82, 2.24) is 15.2 Å². The topological polar surface area (TPSA) is 84.7 Å². The Labute approximate surface area is 101 Å². The summed E-state index contributed by atoms with van der Waals surface area (Å²) in [6, 6.07) is 5.86. The highest BCUT2D eigenvalue weighted by Crippen LogP contribution is 2.16. The Bertz CT molecular complexity index is 543. The molecule has 0 radical (unpaired) electrons. The maximum Gasteiger partial charge on any atom is 0.216 e. The van der Waals surface area contributed by atoms with Gasteiger partial charge < -0.3 is 5.73 Å². The van der Waals surface area contributed by atoms with Crippen LogP contribution < -0.4 is 5.73 Å². The standard InChI is InChI=1S/C10H9FN4OS/c11-7-4-2-1-3-6(7)8(16)5-17-10-13-9(12)14-15-10/h1-4H,5H2,(H3,12,13,14,15). The number of nitrogens with two attached hydrogens (primary N) is 1. The molecule has 0 aliphatic rings. The average molecular weight is 252 g/mol.